The fraction of sp³-hybridized carbons (Fsp3) is 0.577. The highest BCUT2D eigenvalue weighted by Gasteiger charge is 2.09. The zero-order valence-electron chi connectivity index (χ0n) is 18.3. The maximum absolute atomic E-state index is 5.88. The van der Waals surface area contributed by atoms with Crippen LogP contribution < -0.4 is 4.74 Å². The number of benzene rings is 1. The van der Waals surface area contributed by atoms with Crippen molar-refractivity contribution >= 4 is 0 Å². The van der Waals surface area contributed by atoms with Crippen LogP contribution in [0.25, 0.3) is 0 Å². The number of ether oxygens (including phenoxy) is 1. The van der Waals surface area contributed by atoms with E-state index in [-0.39, 0.29) is 0 Å². The van der Waals surface area contributed by atoms with Gasteiger partial charge >= 0.3 is 0 Å². The number of hydrogen-bond donors (Lipinski definition) is 0. The summed E-state index contributed by atoms with van der Waals surface area (Å²) in [5.41, 5.74) is 3.81. The van der Waals surface area contributed by atoms with Crippen LogP contribution in [0, 0.1) is 0 Å². The average Bonchev–Trinajstić information content (AvgIpc) is 2.74. The maximum atomic E-state index is 5.88. The summed E-state index contributed by atoms with van der Waals surface area (Å²) in [7, 11) is 0. The molecular weight excluding hydrogens is 342 g/mol. The summed E-state index contributed by atoms with van der Waals surface area (Å²) in [4.78, 5) is 4.69. The van der Waals surface area contributed by atoms with E-state index in [1.165, 1.54) is 68.2 Å². The van der Waals surface area contributed by atoms with Gasteiger partial charge in [0.25, 0.3) is 0 Å². The fourth-order valence-electron chi connectivity index (χ4n) is 3.51. The smallest absolute Gasteiger partial charge is 0.119 e. The third kappa shape index (κ3) is 8.04. The van der Waals surface area contributed by atoms with E-state index < -0.39 is 0 Å². The molecule has 0 saturated heterocycles. The van der Waals surface area contributed by atoms with Gasteiger partial charge in [0.15, 0.2) is 0 Å². The van der Waals surface area contributed by atoms with Crippen LogP contribution >= 0.6 is 0 Å². The van der Waals surface area contributed by atoms with E-state index in [0.29, 0.717) is 5.92 Å². The van der Waals surface area contributed by atoms with Crippen molar-refractivity contribution in [3.8, 4) is 5.75 Å². The molecule has 28 heavy (non-hydrogen) atoms. The quantitative estimate of drug-likeness (QED) is 0.313. The number of pyridine rings is 1. The van der Waals surface area contributed by atoms with Crippen LogP contribution in [-0.2, 0) is 6.42 Å². The molecule has 2 aromatic rings. The van der Waals surface area contributed by atoms with Crippen molar-refractivity contribution in [2.24, 2.45) is 0 Å². The minimum atomic E-state index is 0.352. The van der Waals surface area contributed by atoms with Gasteiger partial charge in [0.1, 0.15) is 5.75 Å². The molecule has 0 aliphatic heterocycles. The topological polar surface area (TPSA) is 22.1 Å². The molecule has 1 atom stereocenters. The van der Waals surface area contributed by atoms with E-state index in [2.05, 4.69) is 68.4 Å². The SMILES string of the molecule is CCCCCCCOc1ccc(C(C)c2ccc(CCCCCC)nc2)cc1. The largest absolute Gasteiger partial charge is 0.494 e. The molecule has 2 nitrogen and oxygen atoms in total. The molecule has 2 rings (SSSR count). The molecule has 0 N–H and O–H groups in total. The Kier molecular flexibility index (Phi) is 10.7. The number of aryl methyl sites for hydroxylation is 1. The summed E-state index contributed by atoms with van der Waals surface area (Å²) in [5, 5.41) is 0. The van der Waals surface area contributed by atoms with Gasteiger partial charge in [-0.15, -0.1) is 0 Å². The average molecular weight is 382 g/mol. The van der Waals surface area contributed by atoms with Crippen molar-refractivity contribution in [2.45, 2.75) is 90.9 Å². The Balaban J connectivity index is 1.79. The second-order valence-electron chi connectivity index (χ2n) is 7.95. The summed E-state index contributed by atoms with van der Waals surface area (Å²) in [6.07, 6.45) is 14.7. The highest BCUT2D eigenvalue weighted by Crippen LogP contribution is 2.25. The van der Waals surface area contributed by atoms with Crippen molar-refractivity contribution in [3.05, 3.63) is 59.4 Å². The lowest BCUT2D eigenvalue weighted by Crippen LogP contribution is -2.00. The molecule has 0 fully saturated rings. The first-order chi connectivity index (χ1) is 13.7. The molecule has 1 unspecified atom stereocenters. The van der Waals surface area contributed by atoms with Crippen LogP contribution in [0.15, 0.2) is 42.6 Å². The van der Waals surface area contributed by atoms with Gasteiger partial charge in [0.2, 0.25) is 0 Å². The van der Waals surface area contributed by atoms with Crippen LogP contribution in [0.3, 0.4) is 0 Å². The highest BCUT2D eigenvalue weighted by atomic mass is 16.5. The van der Waals surface area contributed by atoms with Crippen molar-refractivity contribution in [1.82, 2.24) is 4.98 Å². The maximum Gasteiger partial charge on any atom is 0.119 e. The Hall–Kier alpha value is -1.83. The van der Waals surface area contributed by atoms with E-state index in [0.717, 1.165) is 25.2 Å². The zero-order chi connectivity index (χ0) is 20.0. The lowest BCUT2D eigenvalue weighted by atomic mass is 9.94. The molecule has 0 saturated carbocycles. The van der Waals surface area contributed by atoms with Crippen LogP contribution in [0.1, 0.15) is 101 Å². The van der Waals surface area contributed by atoms with Crippen LogP contribution in [0.4, 0.5) is 0 Å². The standard InChI is InChI=1S/C26H39NO/c1-4-6-8-10-12-20-28-26-18-15-23(16-19-26)22(3)24-14-17-25(27-21-24)13-11-9-7-5-2/h14-19,21-22H,4-13,20H2,1-3H3. The minimum Gasteiger partial charge on any atom is -0.494 e. The first-order valence-corrected chi connectivity index (χ1v) is 11.4. The minimum absolute atomic E-state index is 0.352. The molecule has 1 aromatic carbocycles. The Bertz CT molecular complexity index is 632. The van der Waals surface area contributed by atoms with E-state index in [9.17, 15) is 0 Å². The molecule has 0 bridgehead atoms. The number of nitrogens with zero attached hydrogens (tertiary/aromatic N) is 1. The van der Waals surface area contributed by atoms with Gasteiger partial charge in [-0.2, -0.15) is 0 Å². The van der Waals surface area contributed by atoms with Gasteiger partial charge in [0.05, 0.1) is 6.61 Å². The van der Waals surface area contributed by atoms with Gasteiger partial charge in [-0.25, -0.2) is 0 Å². The summed E-state index contributed by atoms with van der Waals surface area (Å²) >= 11 is 0. The summed E-state index contributed by atoms with van der Waals surface area (Å²) in [5.74, 6) is 1.33. The number of hydrogen-bond acceptors (Lipinski definition) is 2. The highest BCUT2D eigenvalue weighted by molar-refractivity contribution is 5.34. The Morgan fingerprint density at radius 2 is 1.39 bits per heavy atom. The van der Waals surface area contributed by atoms with E-state index >= 15 is 0 Å². The second-order valence-corrected chi connectivity index (χ2v) is 7.95. The van der Waals surface area contributed by atoms with Gasteiger partial charge in [0, 0.05) is 17.8 Å². The van der Waals surface area contributed by atoms with Crippen LogP contribution in [0.2, 0.25) is 0 Å². The predicted molar refractivity (Wildman–Crippen MR) is 120 cm³/mol. The summed E-state index contributed by atoms with van der Waals surface area (Å²) in [6.45, 7) is 7.57. The number of aromatic nitrogens is 1. The van der Waals surface area contributed by atoms with Gasteiger partial charge in [-0.3, -0.25) is 4.98 Å². The van der Waals surface area contributed by atoms with Crippen molar-refractivity contribution in [2.75, 3.05) is 6.61 Å². The van der Waals surface area contributed by atoms with Gasteiger partial charge < -0.3 is 4.74 Å². The number of rotatable bonds is 14. The molecule has 2 heteroatoms. The van der Waals surface area contributed by atoms with E-state index in [4.69, 9.17) is 4.74 Å². The zero-order valence-corrected chi connectivity index (χ0v) is 18.3. The summed E-state index contributed by atoms with van der Waals surface area (Å²) in [6, 6.07) is 13.0. The van der Waals surface area contributed by atoms with Crippen molar-refractivity contribution in [1.29, 1.82) is 0 Å². The molecular formula is C26H39NO. The Morgan fingerprint density at radius 3 is 2.04 bits per heavy atom. The molecule has 0 aliphatic rings. The Morgan fingerprint density at radius 1 is 0.750 bits per heavy atom. The fourth-order valence-corrected chi connectivity index (χ4v) is 3.51. The normalized spacial score (nSPS) is 12.1. The molecule has 0 radical (unpaired) electrons. The van der Waals surface area contributed by atoms with Crippen LogP contribution in [-0.4, -0.2) is 11.6 Å². The molecule has 1 aromatic heterocycles. The summed E-state index contributed by atoms with van der Waals surface area (Å²) < 4.78 is 5.88. The van der Waals surface area contributed by atoms with E-state index in [1.54, 1.807) is 0 Å². The molecule has 0 aliphatic carbocycles. The monoisotopic (exact) mass is 381 g/mol. The second kappa shape index (κ2) is 13.4. The third-order valence-electron chi connectivity index (χ3n) is 5.53. The van der Waals surface area contributed by atoms with Gasteiger partial charge in [-0.05, 0) is 48.6 Å². The molecule has 154 valence electrons. The third-order valence-corrected chi connectivity index (χ3v) is 5.53. The molecule has 0 amide bonds. The number of unbranched alkanes of at least 4 members (excludes halogenated alkanes) is 7. The lowest BCUT2D eigenvalue weighted by Gasteiger charge is -2.14. The van der Waals surface area contributed by atoms with Crippen molar-refractivity contribution < 1.29 is 4.74 Å². The predicted octanol–water partition coefficient (Wildman–Crippen LogP) is 7.71. The lowest BCUT2D eigenvalue weighted by molar-refractivity contribution is 0.304. The first kappa shape index (κ1) is 22.5. The van der Waals surface area contributed by atoms with Crippen LogP contribution in [0.5, 0.6) is 5.75 Å². The Labute approximate surface area is 172 Å². The first-order valence-electron chi connectivity index (χ1n) is 11.4. The van der Waals surface area contributed by atoms with Crippen molar-refractivity contribution in [3.63, 3.8) is 0 Å². The molecule has 0 spiro atoms. The van der Waals surface area contributed by atoms with Gasteiger partial charge in [-0.1, -0.05) is 83.9 Å². The van der Waals surface area contributed by atoms with E-state index in [1.807, 2.05) is 0 Å². The molecule has 1 heterocycles.